The van der Waals surface area contributed by atoms with Crippen LogP contribution in [0.2, 0.25) is 0 Å². The van der Waals surface area contributed by atoms with Gasteiger partial charge < -0.3 is 4.90 Å². The summed E-state index contributed by atoms with van der Waals surface area (Å²) in [4.78, 5) is 2.52. The summed E-state index contributed by atoms with van der Waals surface area (Å²) in [6.45, 7) is 10.5. The molecule has 0 saturated carbocycles. The lowest BCUT2D eigenvalue weighted by atomic mass is 9.87. The molecule has 0 spiro atoms. The molecule has 0 bridgehead atoms. The number of hydrogen-bond acceptors (Lipinski definition) is 4. The van der Waals surface area contributed by atoms with E-state index in [2.05, 4.69) is 43.0 Å². The van der Waals surface area contributed by atoms with Gasteiger partial charge in [-0.15, -0.1) is 0 Å². The summed E-state index contributed by atoms with van der Waals surface area (Å²) in [5, 5.41) is 4.71. The van der Waals surface area contributed by atoms with E-state index in [0.717, 1.165) is 23.1 Å². The van der Waals surface area contributed by atoms with Gasteiger partial charge in [0.25, 0.3) is 0 Å². The minimum absolute atomic E-state index is 0.00274. The van der Waals surface area contributed by atoms with Gasteiger partial charge in [-0.2, -0.15) is 5.10 Å². The largest absolute Gasteiger partial charge is 0.344 e. The second-order valence-corrected chi connectivity index (χ2v) is 13.6. The number of hydrogen-bond donors (Lipinski definition) is 0. The Bertz CT molecular complexity index is 1490. The lowest BCUT2D eigenvalue weighted by Crippen LogP contribution is -2.45. The molecule has 2 heterocycles. The van der Waals surface area contributed by atoms with Crippen LogP contribution in [-0.2, 0) is 26.7 Å². The van der Waals surface area contributed by atoms with E-state index >= 15 is 0 Å². The highest BCUT2D eigenvalue weighted by Crippen LogP contribution is 2.48. The van der Waals surface area contributed by atoms with Gasteiger partial charge in [0.1, 0.15) is 10.7 Å². The van der Waals surface area contributed by atoms with Crippen molar-refractivity contribution in [2.75, 3.05) is 4.90 Å². The fourth-order valence-electron chi connectivity index (χ4n) is 5.36. The third kappa shape index (κ3) is 4.37. The molecule has 37 heavy (non-hydrogen) atoms. The van der Waals surface area contributed by atoms with Crippen LogP contribution in [0.3, 0.4) is 0 Å². The van der Waals surface area contributed by atoms with E-state index in [1.54, 1.807) is 20.0 Å². The number of aryl methyl sites for hydroxylation is 1. The van der Waals surface area contributed by atoms with Crippen molar-refractivity contribution in [2.45, 2.75) is 68.8 Å². The third-order valence-electron chi connectivity index (χ3n) is 7.71. The topological polar surface area (TPSA) is 55.2 Å². The van der Waals surface area contributed by atoms with Crippen LogP contribution in [0.5, 0.6) is 0 Å². The minimum atomic E-state index is -3.81. The molecule has 3 aromatic carbocycles. The Kier molecular flexibility index (Phi) is 6.27. The number of benzene rings is 3. The summed E-state index contributed by atoms with van der Waals surface area (Å²) in [6, 6.07) is 28.4. The van der Waals surface area contributed by atoms with Gasteiger partial charge in [0.15, 0.2) is 9.84 Å². The standard InChI is InChI=1S/C31H35N3O2S/c1-23-16-18-26(19-17-23)31(4,5)37(35,36)28-21-32-34-29(28)33(22-24-12-8-6-9-13-24)27(20-30(34,2)3)25-14-10-7-11-15-25/h6-19,21,27H,20,22H2,1-5H3. The van der Waals surface area contributed by atoms with Crippen molar-refractivity contribution in [1.82, 2.24) is 9.78 Å². The van der Waals surface area contributed by atoms with Crippen LogP contribution in [0, 0.1) is 6.92 Å². The van der Waals surface area contributed by atoms with Crippen LogP contribution >= 0.6 is 0 Å². The number of nitrogens with zero attached hydrogens (tertiary/aromatic N) is 3. The van der Waals surface area contributed by atoms with E-state index in [1.165, 1.54) is 5.56 Å². The van der Waals surface area contributed by atoms with Gasteiger partial charge in [0.05, 0.1) is 22.5 Å². The average Bonchev–Trinajstić information content (AvgIpc) is 3.35. The summed E-state index contributed by atoms with van der Waals surface area (Å²) in [5.41, 5.74) is 3.78. The molecule has 0 N–H and O–H groups in total. The third-order valence-corrected chi connectivity index (χ3v) is 10.2. The van der Waals surface area contributed by atoms with E-state index in [9.17, 15) is 8.42 Å². The SMILES string of the molecule is Cc1ccc(C(C)(C)S(=O)(=O)c2cnn3c2N(Cc2ccccc2)C(c2ccccc2)CC3(C)C)cc1. The highest BCUT2D eigenvalue weighted by atomic mass is 32.2. The second-order valence-electron chi connectivity index (χ2n) is 11.2. The zero-order valence-electron chi connectivity index (χ0n) is 22.2. The van der Waals surface area contributed by atoms with Crippen molar-refractivity contribution >= 4 is 15.7 Å². The molecule has 0 fully saturated rings. The Labute approximate surface area is 220 Å². The molecule has 1 unspecified atom stereocenters. The number of rotatable bonds is 6. The molecule has 0 amide bonds. The van der Waals surface area contributed by atoms with Gasteiger partial charge in [0, 0.05) is 6.54 Å². The predicted molar refractivity (Wildman–Crippen MR) is 149 cm³/mol. The monoisotopic (exact) mass is 513 g/mol. The molecule has 0 radical (unpaired) electrons. The Morgan fingerprint density at radius 2 is 1.51 bits per heavy atom. The van der Waals surface area contributed by atoms with E-state index < -0.39 is 14.6 Å². The highest BCUT2D eigenvalue weighted by molar-refractivity contribution is 7.92. The molecule has 1 aromatic heterocycles. The zero-order chi connectivity index (χ0) is 26.4. The fourth-order valence-corrected chi connectivity index (χ4v) is 6.99. The zero-order valence-corrected chi connectivity index (χ0v) is 23.0. The summed E-state index contributed by atoms with van der Waals surface area (Å²) in [5.74, 6) is 0.661. The first kappa shape index (κ1) is 25.3. The Hall–Kier alpha value is -3.38. The van der Waals surface area contributed by atoms with Crippen LogP contribution in [0.1, 0.15) is 62.4 Å². The fraction of sp³-hybridized carbons (Fsp3) is 0.323. The molecular formula is C31H35N3O2S. The van der Waals surface area contributed by atoms with Gasteiger partial charge in [-0.3, -0.25) is 0 Å². The molecule has 0 aliphatic carbocycles. The summed E-state index contributed by atoms with van der Waals surface area (Å²) in [7, 11) is -3.81. The van der Waals surface area contributed by atoms with Crippen molar-refractivity contribution in [2.24, 2.45) is 0 Å². The second kappa shape index (κ2) is 9.18. The molecule has 1 atom stereocenters. The normalized spacial score (nSPS) is 17.4. The first-order valence-electron chi connectivity index (χ1n) is 12.8. The lowest BCUT2D eigenvalue weighted by Gasteiger charge is -2.46. The van der Waals surface area contributed by atoms with Crippen molar-refractivity contribution in [3.8, 4) is 0 Å². The quantitative estimate of drug-likeness (QED) is 0.285. The average molecular weight is 514 g/mol. The molecule has 5 rings (SSSR count). The predicted octanol–water partition coefficient (Wildman–Crippen LogP) is 6.79. The maximum absolute atomic E-state index is 14.4. The smallest absolute Gasteiger partial charge is 0.192 e. The van der Waals surface area contributed by atoms with Crippen LogP contribution in [0.4, 0.5) is 5.82 Å². The van der Waals surface area contributed by atoms with Crippen molar-refractivity contribution in [3.05, 3.63) is 113 Å². The first-order valence-corrected chi connectivity index (χ1v) is 14.3. The number of sulfone groups is 1. The molecule has 6 heteroatoms. The Morgan fingerprint density at radius 3 is 2.14 bits per heavy atom. The molecule has 0 saturated heterocycles. The minimum Gasteiger partial charge on any atom is -0.344 e. The summed E-state index contributed by atoms with van der Waals surface area (Å²) < 4.78 is 29.7. The van der Waals surface area contributed by atoms with E-state index in [4.69, 9.17) is 5.10 Å². The Balaban J connectivity index is 1.71. The van der Waals surface area contributed by atoms with Crippen LogP contribution in [0.15, 0.2) is 96.0 Å². The number of fused-ring (bicyclic) bond motifs is 1. The van der Waals surface area contributed by atoms with Gasteiger partial charge in [-0.05, 0) is 57.7 Å². The maximum Gasteiger partial charge on any atom is 0.192 e. The van der Waals surface area contributed by atoms with E-state index in [-0.39, 0.29) is 16.5 Å². The van der Waals surface area contributed by atoms with Crippen LogP contribution in [-0.4, -0.2) is 18.2 Å². The summed E-state index contributed by atoms with van der Waals surface area (Å²) >= 11 is 0. The molecule has 4 aromatic rings. The van der Waals surface area contributed by atoms with Crippen LogP contribution < -0.4 is 4.90 Å². The van der Waals surface area contributed by atoms with E-state index in [0.29, 0.717) is 12.4 Å². The number of anilines is 1. The summed E-state index contributed by atoms with van der Waals surface area (Å²) in [6.07, 6.45) is 2.37. The number of aromatic nitrogens is 2. The van der Waals surface area contributed by atoms with Crippen molar-refractivity contribution in [3.63, 3.8) is 0 Å². The van der Waals surface area contributed by atoms with E-state index in [1.807, 2.05) is 72.3 Å². The maximum atomic E-state index is 14.4. The molecule has 5 nitrogen and oxygen atoms in total. The molecule has 1 aliphatic rings. The van der Waals surface area contributed by atoms with Gasteiger partial charge >= 0.3 is 0 Å². The lowest BCUT2D eigenvalue weighted by molar-refractivity contribution is 0.238. The van der Waals surface area contributed by atoms with Gasteiger partial charge in [-0.1, -0.05) is 90.5 Å². The van der Waals surface area contributed by atoms with Gasteiger partial charge in [0.2, 0.25) is 0 Å². The van der Waals surface area contributed by atoms with Crippen LogP contribution in [0.25, 0.3) is 0 Å². The van der Waals surface area contributed by atoms with Crippen molar-refractivity contribution < 1.29 is 8.42 Å². The highest BCUT2D eigenvalue weighted by Gasteiger charge is 2.46. The molecule has 192 valence electrons. The van der Waals surface area contributed by atoms with Crippen molar-refractivity contribution in [1.29, 1.82) is 0 Å². The molecule has 1 aliphatic heterocycles. The first-order chi connectivity index (χ1) is 17.5. The molecular weight excluding hydrogens is 478 g/mol. The van der Waals surface area contributed by atoms with Gasteiger partial charge in [-0.25, -0.2) is 13.1 Å². The Morgan fingerprint density at radius 1 is 0.919 bits per heavy atom.